The van der Waals surface area contributed by atoms with E-state index in [2.05, 4.69) is 48.5 Å². The van der Waals surface area contributed by atoms with Gasteiger partial charge < -0.3 is 20.0 Å². The van der Waals surface area contributed by atoms with Gasteiger partial charge >= 0.3 is 0 Å². The smallest absolute Gasteiger partial charge is 0.282 e. The SMILES string of the molecule is CN1C[C@H](Nc2cnn(C)c(=O)c2Br)C[C@H](c2ccc(C(=O)N3CCN(c4ccc5c(c4)C(=O)N(C4CCC(=O)NC4=O)C5=O)CC3)cc2)C1. The summed E-state index contributed by atoms with van der Waals surface area (Å²) in [6, 6.07) is 12.0. The fourth-order valence-electron chi connectivity index (χ4n) is 7.40. The van der Waals surface area contributed by atoms with Gasteiger partial charge in [0.2, 0.25) is 11.8 Å². The maximum absolute atomic E-state index is 13.5. The van der Waals surface area contributed by atoms with Crippen molar-refractivity contribution >= 4 is 56.8 Å². The number of aryl methyl sites for hydroxylation is 1. The second-order valence-electron chi connectivity index (χ2n) is 13.4. The van der Waals surface area contributed by atoms with Crippen LogP contribution in [0.3, 0.4) is 0 Å². The molecule has 3 saturated heterocycles. The summed E-state index contributed by atoms with van der Waals surface area (Å²) in [5, 5.41) is 9.84. The van der Waals surface area contributed by atoms with Crippen molar-refractivity contribution in [2.45, 2.75) is 37.3 Å². The Morgan fingerprint density at radius 2 is 1.64 bits per heavy atom. The number of aromatic nitrogens is 2. The Balaban J connectivity index is 0.960. The Hall–Kier alpha value is -4.89. The number of nitrogens with one attached hydrogen (secondary N) is 2. The molecule has 5 heterocycles. The molecular weight excluding hydrogens is 708 g/mol. The number of carbonyl (C=O) groups is 5. The molecule has 0 aliphatic carbocycles. The maximum Gasteiger partial charge on any atom is 0.282 e. The van der Waals surface area contributed by atoms with E-state index in [4.69, 9.17) is 0 Å². The number of likely N-dealkylation sites (tertiary alicyclic amines) is 1. The molecule has 4 aliphatic heterocycles. The van der Waals surface area contributed by atoms with Crippen molar-refractivity contribution in [2.75, 3.05) is 56.5 Å². The van der Waals surface area contributed by atoms with Gasteiger partial charge in [-0.2, -0.15) is 5.10 Å². The number of imide groups is 2. The Labute approximate surface area is 296 Å². The van der Waals surface area contributed by atoms with Crippen molar-refractivity contribution in [1.29, 1.82) is 0 Å². The van der Waals surface area contributed by atoms with E-state index in [1.165, 1.54) is 4.68 Å². The molecule has 2 aromatic carbocycles. The first-order valence-corrected chi connectivity index (χ1v) is 17.4. The summed E-state index contributed by atoms with van der Waals surface area (Å²) in [5.41, 5.74) is 3.46. The second-order valence-corrected chi connectivity index (χ2v) is 14.2. The average Bonchev–Trinajstić information content (AvgIpc) is 3.36. The molecule has 3 aromatic rings. The lowest BCUT2D eigenvalue weighted by atomic mass is 9.87. The van der Waals surface area contributed by atoms with E-state index >= 15 is 0 Å². The fourth-order valence-corrected chi connectivity index (χ4v) is 7.87. The quantitative estimate of drug-likeness (QED) is 0.357. The normalized spacial score (nSPS) is 22.9. The zero-order valence-corrected chi connectivity index (χ0v) is 29.3. The molecule has 1 unspecified atom stereocenters. The van der Waals surface area contributed by atoms with Gasteiger partial charge in [-0.25, -0.2) is 4.68 Å². The van der Waals surface area contributed by atoms with E-state index in [9.17, 15) is 28.8 Å². The van der Waals surface area contributed by atoms with Crippen LogP contribution in [0.1, 0.15) is 61.8 Å². The van der Waals surface area contributed by atoms with E-state index < -0.39 is 29.7 Å². The van der Waals surface area contributed by atoms with Crippen LogP contribution < -0.4 is 21.1 Å². The highest BCUT2D eigenvalue weighted by Gasteiger charge is 2.45. The maximum atomic E-state index is 13.5. The third kappa shape index (κ3) is 6.31. The van der Waals surface area contributed by atoms with E-state index in [1.54, 1.807) is 31.4 Å². The minimum Gasteiger partial charge on any atom is -0.379 e. The molecule has 0 bridgehead atoms. The Morgan fingerprint density at radius 3 is 2.36 bits per heavy atom. The van der Waals surface area contributed by atoms with E-state index in [0.29, 0.717) is 41.9 Å². The van der Waals surface area contributed by atoms with Crippen molar-refractivity contribution in [3.63, 3.8) is 0 Å². The van der Waals surface area contributed by atoms with Gasteiger partial charge in [0, 0.05) is 70.0 Å². The minimum absolute atomic E-state index is 0.0471. The van der Waals surface area contributed by atoms with Crippen molar-refractivity contribution in [1.82, 2.24) is 29.8 Å². The van der Waals surface area contributed by atoms with Gasteiger partial charge in [0.25, 0.3) is 23.3 Å². The Bertz CT molecular complexity index is 1960. The summed E-state index contributed by atoms with van der Waals surface area (Å²) in [6.07, 6.45) is 2.68. The molecule has 50 heavy (non-hydrogen) atoms. The number of piperidine rings is 2. The number of hydrogen-bond acceptors (Lipinski definition) is 10. The highest BCUT2D eigenvalue weighted by Crippen LogP contribution is 2.32. The molecule has 1 aromatic heterocycles. The minimum atomic E-state index is -1.01. The summed E-state index contributed by atoms with van der Waals surface area (Å²) in [4.78, 5) is 83.3. The summed E-state index contributed by atoms with van der Waals surface area (Å²) >= 11 is 3.40. The van der Waals surface area contributed by atoms with Crippen LogP contribution in [0.4, 0.5) is 11.4 Å². The van der Waals surface area contributed by atoms with Crippen LogP contribution in [-0.4, -0.2) is 112 Å². The first-order valence-electron chi connectivity index (χ1n) is 16.6. The molecule has 3 fully saturated rings. The summed E-state index contributed by atoms with van der Waals surface area (Å²) < 4.78 is 1.75. The number of anilines is 2. The number of likely N-dealkylation sites (N-methyl/N-ethyl adjacent to an activating group) is 1. The van der Waals surface area contributed by atoms with Crippen LogP contribution in [0.15, 0.2) is 57.9 Å². The van der Waals surface area contributed by atoms with Gasteiger partial charge in [0.05, 0.1) is 23.0 Å². The van der Waals surface area contributed by atoms with Crippen LogP contribution in [0.2, 0.25) is 0 Å². The zero-order chi connectivity index (χ0) is 35.3. The van der Waals surface area contributed by atoms with Gasteiger partial charge in [0.15, 0.2) is 0 Å². The summed E-state index contributed by atoms with van der Waals surface area (Å²) in [6.45, 7) is 3.76. The predicted octanol–water partition coefficient (Wildman–Crippen LogP) is 1.81. The van der Waals surface area contributed by atoms with Crippen LogP contribution in [-0.2, 0) is 16.6 Å². The van der Waals surface area contributed by atoms with Crippen molar-refractivity contribution < 1.29 is 24.0 Å². The molecule has 0 saturated carbocycles. The number of halogens is 1. The number of nitrogens with zero attached hydrogens (tertiary/aromatic N) is 6. The second kappa shape index (κ2) is 13.4. The first-order chi connectivity index (χ1) is 24.0. The molecule has 0 spiro atoms. The number of benzene rings is 2. The molecule has 0 radical (unpaired) electrons. The van der Waals surface area contributed by atoms with Gasteiger partial charge in [-0.3, -0.25) is 39.0 Å². The number of fused-ring (bicyclic) bond motifs is 1. The van der Waals surface area contributed by atoms with Gasteiger partial charge in [-0.1, -0.05) is 12.1 Å². The monoisotopic (exact) mass is 744 g/mol. The predicted molar refractivity (Wildman–Crippen MR) is 187 cm³/mol. The molecular formula is C35H37BrN8O6. The van der Waals surface area contributed by atoms with E-state index in [-0.39, 0.29) is 47.4 Å². The molecule has 4 aliphatic rings. The number of hydrogen-bond donors (Lipinski definition) is 2. The fraction of sp³-hybridized carbons (Fsp3) is 0.400. The molecule has 2 N–H and O–H groups in total. The molecule has 14 nitrogen and oxygen atoms in total. The van der Waals surface area contributed by atoms with Crippen LogP contribution in [0.5, 0.6) is 0 Å². The lowest BCUT2D eigenvalue weighted by Gasteiger charge is -2.37. The van der Waals surface area contributed by atoms with E-state index in [1.807, 2.05) is 29.2 Å². The highest BCUT2D eigenvalue weighted by molar-refractivity contribution is 9.10. The zero-order valence-electron chi connectivity index (χ0n) is 27.7. The van der Waals surface area contributed by atoms with Gasteiger partial charge in [0.1, 0.15) is 10.5 Å². The van der Waals surface area contributed by atoms with Crippen LogP contribution >= 0.6 is 15.9 Å². The summed E-state index contributed by atoms with van der Waals surface area (Å²) in [7, 11) is 3.69. The van der Waals surface area contributed by atoms with E-state index in [0.717, 1.165) is 35.7 Å². The number of piperazine rings is 1. The van der Waals surface area contributed by atoms with Crippen molar-refractivity contribution in [2.24, 2.45) is 7.05 Å². The largest absolute Gasteiger partial charge is 0.379 e. The molecule has 3 atom stereocenters. The standard InChI is InChI=1S/C35H37BrN8O6/c1-40-18-22(15-23(19-40)38-27-17-37-41(2)35(50)30(27)36)20-3-5-21(6-4-20)32(47)43-13-11-42(12-14-43)24-7-8-25-26(16-24)34(49)44(33(25)48)28-9-10-29(45)39-31(28)46/h3-8,16-17,22-23,28,38H,9-15,18-19H2,1-2H3,(H,39,45,46)/t22-,23+,28?/m0/s1. The molecule has 15 heteroatoms. The van der Waals surface area contributed by atoms with Crippen molar-refractivity contribution in [3.8, 4) is 0 Å². The number of rotatable bonds is 6. The molecule has 260 valence electrons. The van der Waals surface area contributed by atoms with Crippen molar-refractivity contribution in [3.05, 3.63) is 85.7 Å². The number of carbonyl (C=O) groups excluding carboxylic acids is 5. The van der Waals surface area contributed by atoms with Crippen LogP contribution in [0, 0.1) is 0 Å². The third-order valence-corrected chi connectivity index (χ3v) is 10.8. The number of amides is 5. The first kappa shape index (κ1) is 33.6. The van der Waals surface area contributed by atoms with Gasteiger partial charge in [-0.15, -0.1) is 0 Å². The average molecular weight is 746 g/mol. The highest BCUT2D eigenvalue weighted by atomic mass is 79.9. The molecule has 5 amide bonds. The Morgan fingerprint density at radius 1 is 0.920 bits per heavy atom. The lowest BCUT2D eigenvalue weighted by Crippen LogP contribution is -2.54. The molecule has 7 rings (SSSR count). The van der Waals surface area contributed by atoms with Crippen LogP contribution in [0.25, 0.3) is 0 Å². The lowest BCUT2D eigenvalue weighted by molar-refractivity contribution is -0.136. The van der Waals surface area contributed by atoms with Gasteiger partial charge in [-0.05, 0) is 77.6 Å². The topological polar surface area (TPSA) is 157 Å². The Kier molecular flexibility index (Phi) is 9.03. The summed E-state index contributed by atoms with van der Waals surface area (Å²) in [5.74, 6) is -1.94. The third-order valence-electron chi connectivity index (χ3n) is 10.1.